The summed E-state index contributed by atoms with van der Waals surface area (Å²) in [6.45, 7) is 1.72. The number of halogens is 1. The van der Waals surface area contributed by atoms with Gasteiger partial charge in [0, 0.05) is 28.0 Å². The number of amides is 1. The zero-order chi connectivity index (χ0) is 17.5. The van der Waals surface area contributed by atoms with Gasteiger partial charge in [-0.25, -0.2) is 0 Å². The van der Waals surface area contributed by atoms with E-state index in [1.165, 1.54) is 12.1 Å². The summed E-state index contributed by atoms with van der Waals surface area (Å²) >= 11 is 3.33. The highest BCUT2D eigenvalue weighted by atomic mass is 79.9. The van der Waals surface area contributed by atoms with Gasteiger partial charge in [-0.15, -0.1) is 0 Å². The van der Waals surface area contributed by atoms with Gasteiger partial charge in [-0.2, -0.15) is 5.10 Å². The van der Waals surface area contributed by atoms with Gasteiger partial charge in [0.05, 0.1) is 17.0 Å². The van der Waals surface area contributed by atoms with Gasteiger partial charge in [0.2, 0.25) is 5.91 Å². The average Bonchev–Trinajstić information content (AvgIpc) is 2.55. The molecule has 124 valence electrons. The summed E-state index contributed by atoms with van der Waals surface area (Å²) in [5.74, 6) is -0.177. The molecule has 0 aliphatic heterocycles. The minimum Gasteiger partial charge on any atom is -0.326 e. The van der Waals surface area contributed by atoms with Crippen LogP contribution >= 0.6 is 15.9 Å². The molecule has 2 aromatic carbocycles. The molecule has 24 heavy (non-hydrogen) atoms. The summed E-state index contributed by atoms with van der Waals surface area (Å²) in [6, 6.07) is 13.1. The molecule has 0 atom stereocenters. The fourth-order valence-corrected chi connectivity index (χ4v) is 2.09. The summed E-state index contributed by atoms with van der Waals surface area (Å²) < 4.78 is 0.936. The van der Waals surface area contributed by atoms with E-state index in [-0.39, 0.29) is 18.0 Å². The molecule has 0 radical (unpaired) electrons. The second-order valence-electron chi connectivity index (χ2n) is 4.99. The predicted molar refractivity (Wildman–Crippen MR) is 97.2 cm³/mol. The topological polar surface area (TPSA) is 96.6 Å². The summed E-state index contributed by atoms with van der Waals surface area (Å²) in [5.41, 5.74) is 4.67. The minimum absolute atomic E-state index is 0.00938. The van der Waals surface area contributed by atoms with Gasteiger partial charge >= 0.3 is 0 Å². The Bertz CT molecular complexity index is 758. The Labute approximate surface area is 147 Å². The SMILES string of the molecule is C/C(CC(=O)Nc1ccc(Br)cc1)=N/Nc1ccc([N+](=O)[O-])cc1. The molecule has 0 heterocycles. The van der Waals surface area contributed by atoms with E-state index in [4.69, 9.17) is 0 Å². The van der Waals surface area contributed by atoms with Crippen LogP contribution in [0.15, 0.2) is 58.1 Å². The predicted octanol–water partition coefficient (Wildman–Crippen LogP) is 4.17. The van der Waals surface area contributed by atoms with Gasteiger partial charge in [0.15, 0.2) is 0 Å². The number of nitrogens with zero attached hydrogens (tertiary/aromatic N) is 2. The van der Waals surface area contributed by atoms with Gasteiger partial charge < -0.3 is 5.32 Å². The number of nitro groups is 1. The quantitative estimate of drug-likeness (QED) is 0.439. The van der Waals surface area contributed by atoms with Crippen molar-refractivity contribution in [3.63, 3.8) is 0 Å². The van der Waals surface area contributed by atoms with Crippen LogP contribution in [0.2, 0.25) is 0 Å². The highest BCUT2D eigenvalue weighted by molar-refractivity contribution is 9.10. The number of nitrogens with one attached hydrogen (secondary N) is 2. The number of hydrazone groups is 1. The molecule has 0 unspecified atom stereocenters. The average molecular weight is 391 g/mol. The van der Waals surface area contributed by atoms with Crippen LogP contribution < -0.4 is 10.7 Å². The van der Waals surface area contributed by atoms with E-state index in [0.717, 1.165) is 4.47 Å². The Hall–Kier alpha value is -2.74. The maximum atomic E-state index is 11.9. The number of anilines is 2. The first kappa shape index (κ1) is 17.6. The summed E-state index contributed by atoms with van der Waals surface area (Å²) in [6.07, 6.45) is 0.135. The van der Waals surface area contributed by atoms with Crippen molar-refractivity contribution in [3.8, 4) is 0 Å². The number of non-ortho nitro benzene ring substituents is 1. The zero-order valence-electron chi connectivity index (χ0n) is 12.8. The zero-order valence-corrected chi connectivity index (χ0v) is 14.4. The highest BCUT2D eigenvalue weighted by Gasteiger charge is 2.06. The van der Waals surface area contributed by atoms with Crippen LogP contribution in [0.4, 0.5) is 17.1 Å². The van der Waals surface area contributed by atoms with Crippen LogP contribution in [0.5, 0.6) is 0 Å². The second-order valence-corrected chi connectivity index (χ2v) is 5.91. The van der Waals surface area contributed by atoms with E-state index in [0.29, 0.717) is 17.1 Å². The third-order valence-electron chi connectivity index (χ3n) is 3.00. The Morgan fingerprint density at radius 2 is 1.71 bits per heavy atom. The molecule has 0 bridgehead atoms. The first-order chi connectivity index (χ1) is 11.4. The van der Waals surface area contributed by atoms with Crippen molar-refractivity contribution in [2.45, 2.75) is 13.3 Å². The number of benzene rings is 2. The Balaban J connectivity index is 1.87. The van der Waals surface area contributed by atoms with Gasteiger partial charge in [0.25, 0.3) is 5.69 Å². The fraction of sp³-hybridized carbons (Fsp3) is 0.125. The molecular weight excluding hydrogens is 376 g/mol. The normalized spacial score (nSPS) is 11.0. The molecule has 2 N–H and O–H groups in total. The lowest BCUT2D eigenvalue weighted by Gasteiger charge is -2.06. The molecular formula is C16H15BrN4O3. The van der Waals surface area contributed by atoms with Crippen molar-refractivity contribution in [1.82, 2.24) is 0 Å². The summed E-state index contributed by atoms with van der Waals surface area (Å²) in [4.78, 5) is 22.0. The first-order valence-corrected chi connectivity index (χ1v) is 7.82. The number of hydrogen-bond donors (Lipinski definition) is 2. The smallest absolute Gasteiger partial charge is 0.269 e. The van der Waals surface area contributed by atoms with Crippen LogP contribution in [-0.2, 0) is 4.79 Å². The van der Waals surface area contributed by atoms with E-state index < -0.39 is 4.92 Å². The molecule has 2 rings (SSSR count). The van der Waals surface area contributed by atoms with E-state index in [9.17, 15) is 14.9 Å². The minimum atomic E-state index is -0.468. The van der Waals surface area contributed by atoms with E-state index in [1.807, 2.05) is 12.1 Å². The van der Waals surface area contributed by atoms with Crippen LogP contribution in [0.1, 0.15) is 13.3 Å². The lowest BCUT2D eigenvalue weighted by molar-refractivity contribution is -0.384. The maximum absolute atomic E-state index is 11.9. The van der Waals surface area contributed by atoms with Crippen LogP contribution in [0.25, 0.3) is 0 Å². The number of hydrogen-bond acceptors (Lipinski definition) is 5. The van der Waals surface area contributed by atoms with Crippen molar-refractivity contribution in [3.05, 3.63) is 63.1 Å². The monoisotopic (exact) mass is 390 g/mol. The largest absolute Gasteiger partial charge is 0.326 e. The molecule has 1 amide bonds. The van der Waals surface area contributed by atoms with Crippen molar-refractivity contribution in [1.29, 1.82) is 0 Å². The molecule has 0 saturated carbocycles. The molecule has 8 heteroatoms. The van der Waals surface area contributed by atoms with Gasteiger partial charge in [-0.05, 0) is 43.3 Å². The Kier molecular flexibility index (Phi) is 6.02. The fourth-order valence-electron chi connectivity index (χ4n) is 1.83. The molecule has 2 aromatic rings. The van der Waals surface area contributed by atoms with Crippen LogP contribution in [0.3, 0.4) is 0 Å². The molecule has 0 fully saturated rings. The van der Waals surface area contributed by atoms with Crippen molar-refractivity contribution in [2.75, 3.05) is 10.7 Å². The molecule has 0 spiro atoms. The Morgan fingerprint density at radius 3 is 2.29 bits per heavy atom. The third kappa shape index (κ3) is 5.47. The first-order valence-electron chi connectivity index (χ1n) is 7.03. The highest BCUT2D eigenvalue weighted by Crippen LogP contribution is 2.16. The summed E-state index contributed by atoms with van der Waals surface area (Å²) in [5, 5.41) is 17.4. The summed E-state index contributed by atoms with van der Waals surface area (Å²) in [7, 11) is 0. The van der Waals surface area contributed by atoms with Gasteiger partial charge in [-0.3, -0.25) is 20.3 Å². The third-order valence-corrected chi connectivity index (χ3v) is 3.53. The number of carbonyl (C=O) groups excluding carboxylic acids is 1. The molecule has 7 nitrogen and oxygen atoms in total. The van der Waals surface area contributed by atoms with E-state index in [2.05, 4.69) is 31.8 Å². The molecule has 0 aromatic heterocycles. The van der Waals surface area contributed by atoms with Gasteiger partial charge in [-0.1, -0.05) is 15.9 Å². The van der Waals surface area contributed by atoms with E-state index >= 15 is 0 Å². The lowest BCUT2D eigenvalue weighted by atomic mass is 10.2. The Morgan fingerprint density at radius 1 is 1.12 bits per heavy atom. The number of rotatable bonds is 6. The van der Waals surface area contributed by atoms with E-state index in [1.54, 1.807) is 31.2 Å². The standard InChI is InChI=1S/C16H15BrN4O3/c1-11(10-16(22)18-13-4-2-12(17)3-5-13)19-20-14-6-8-15(9-7-14)21(23)24/h2-9,20H,10H2,1H3,(H,18,22)/b19-11-. The van der Waals surface area contributed by atoms with Crippen molar-refractivity contribution in [2.24, 2.45) is 5.10 Å². The lowest BCUT2D eigenvalue weighted by Crippen LogP contribution is -2.15. The van der Waals surface area contributed by atoms with Gasteiger partial charge in [0.1, 0.15) is 0 Å². The second kappa shape index (κ2) is 8.21. The molecule has 0 aliphatic rings. The van der Waals surface area contributed by atoms with Crippen LogP contribution in [-0.4, -0.2) is 16.5 Å². The van der Waals surface area contributed by atoms with Crippen molar-refractivity contribution < 1.29 is 9.72 Å². The van der Waals surface area contributed by atoms with Crippen molar-refractivity contribution >= 4 is 44.6 Å². The van der Waals surface area contributed by atoms with Crippen LogP contribution in [0, 0.1) is 10.1 Å². The number of nitro benzene ring substituents is 1. The maximum Gasteiger partial charge on any atom is 0.269 e. The molecule has 0 saturated heterocycles. The molecule has 0 aliphatic carbocycles. The number of carbonyl (C=O) groups is 1.